The van der Waals surface area contributed by atoms with E-state index in [9.17, 15) is 4.79 Å². The molecule has 0 saturated heterocycles. The molecule has 2 aromatic carbocycles. The molecule has 0 amide bonds. The number of carbonyl (C=O) groups is 1. The van der Waals surface area contributed by atoms with Gasteiger partial charge >= 0.3 is 0 Å². The first kappa shape index (κ1) is 13.8. The van der Waals surface area contributed by atoms with Crippen LogP contribution >= 0.6 is 11.6 Å². The molecule has 0 bridgehead atoms. The van der Waals surface area contributed by atoms with Crippen LogP contribution in [-0.2, 0) is 16.6 Å². The normalized spacial score (nSPS) is 13.8. The Morgan fingerprint density at radius 1 is 1.11 bits per heavy atom. The highest BCUT2D eigenvalue weighted by Crippen LogP contribution is 2.31. The molecule has 0 aromatic heterocycles. The Kier molecular flexibility index (Phi) is 4.06. The van der Waals surface area contributed by atoms with E-state index in [1.165, 1.54) is 5.56 Å². The Balaban J connectivity index is 2.35. The lowest BCUT2D eigenvalue weighted by Crippen LogP contribution is -2.27. The summed E-state index contributed by atoms with van der Waals surface area (Å²) < 4.78 is 0. The van der Waals surface area contributed by atoms with E-state index < -0.39 is 5.41 Å². The highest BCUT2D eigenvalue weighted by Gasteiger charge is 2.28. The molecular formula is C17H17ClO. The summed E-state index contributed by atoms with van der Waals surface area (Å²) in [6.07, 6.45) is 1.65. The van der Waals surface area contributed by atoms with Crippen molar-refractivity contribution in [2.75, 3.05) is 0 Å². The van der Waals surface area contributed by atoms with Gasteiger partial charge in [-0.1, -0.05) is 59.6 Å². The lowest BCUT2D eigenvalue weighted by atomic mass is 9.78. The van der Waals surface area contributed by atoms with Crippen molar-refractivity contribution in [3.05, 3.63) is 70.2 Å². The molecule has 1 unspecified atom stereocenters. The van der Waals surface area contributed by atoms with Crippen LogP contribution in [0.4, 0.5) is 0 Å². The summed E-state index contributed by atoms with van der Waals surface area (Å²) in [6.45, 7) is 3.98. The van der Waals surface area contributed by atoms with E-state index in [0.717, 1.165) is 17.4 Å². The average Bonchev–Trinajstić information content (AvgIpc) is 2.42. The summed E-state index contributed by atoms with van der Waals surface area (Å²) in [5, 5.41) is 0.643. The minimum Gasteiger partial charge on any atom is -0.302 e. The third kappa shape index (κ3) is 3.05. The Morgan fingerprint density at radius 2 is 1.74 bits per heavy atom. The molecule has 1 nitrogen and oxygen atoms in total. The number of hydrogen-bond donors (Lipinski definition) is 0. The van der Waals surface area contributed by atoms with Gasteiger partial charge in [-0.3, -0.25) is 0 Å². The third-order valence-electron chi connectivity index (χ3n) is 3.44. The smallest absolute Gasteiger partial charge is 0.130 e. The quantitative estimate of drug-likeness (QED) is 0.757. The number of aryl methyl sites for hydroxylation is 1. The molecule has 0 radical (unpaired) electrons. The van der Waals surface area contributed by atoms with Crippen LogP contribution in [0.3, 0.4) is 0 Å². The highest BCUT2D eigenvalue weighted by atomic mass is 35.5. The van der Waals surface area contributed by atoms with Gasteiger partial charge in [-0.25, -0.2) is 0 Å². The fourth-order valence-electron chi connectivity index (χ4n) is 2.25. The van der Waals surface area contributed by atoms with E-state index in [1.54, 1.807) is 0 Å². The van der Waals surface area contributed by atoms with Gasteiger partial charge in [-0.2, -0.15) is 0 Å². The number of carbonyl (C=O) groups excluding carboxylic acids is 1. The maximum atomic E-state index is 11.6. The SMILES string of the molecule is Cc1ccc(CC(C)(C=O)c2ccccc2Cl)cc1. The monoisotopic (exact) mass is 272 g/mol. The van der Waals surface area contributed by atoms with Crippen molar-refractivity contribution in [1.82, 2.24) is 0 Å². The van der Waals surface area contributed by atoms with E-state index in [0.29, 0.717) is 11.4 Å². The molecule has 0 heterocycles. The van der Waals surface area contributed by atoms with Crippen LogP contribution in [0.1, 0.15) is 23.6 Å². The molecule has 2 aromatic rings. The molecule has 0 saturated carbocycles. The van der Waals surface area contributed by atoms with Crippen LogP contribution in [0.2, 0.25) is 5.02 Å². The van der Waals surface area contributed by atoms with Gasteiger partial charge in [-0.05, 0) is 37.5 Å². The van der Waals surface area contributed by atoms with E-state index in [4.69, 9.17) is 11.6 Å². The summed E-state index contributed by atoms with van der Waals surface area (Å²) in [5.41, 5.74) is 2.65. The second-order valence-corrected chi connectivity index (χ2v) is 5.58. The van der Waals surface area contributed by atoms with Crippen molar-refractivity contribution in [1.29, 1.82) is 0 Å². The lowest BCUT2D eigenvalue weighted by Gasteiger charge is -2.25. The average molecular weight is 273 g/mol. The number of hydrogen-bond acceptors (Lipinski definition) is 1. The summed E-state index contributed by atoms with van der Waals surface area (Å²) in [5.74, 6) is 0. The summed E-state index contributed by atoms with van der Waals surface area (Å²) >= 11 is 6.22. The van der Waals surface area contributed by atoms with Gasteiger partial charge in [0.2, 0.25) is 0 Å². The zero-order valence-electron chi connectivity index (χ0n) is 11.2. The van der Waals surface area contributed by atoms with Crippen molar-refractivity contribution in [3.8, 4) is 0 Å². The number of rotatable bonds is 4. The van der Waals surface area contributed by atoms with Crippen molar-refractivity contribution in [2.24, 2.45) is 0 Å². The molecule has 0 N–H and O–H groups in total. The Labute approximate surface area is 119 Å². The zero-order valence-corrected chi connectivity index (χ0v) is 11.9. The number of benzene rings is 2. The Bertz CT molecular complexity index is 574. The van der Waals surface area contributed by atoms with Crippen LogP contribution in [-0.4, -0.2) is 6.29 Å². The van der Waals surface area contributed by atoms with Gasteiger partial charge in [0.15, 0.2) is 0 Å². The molecule has 2 heteroatoms. The van der Waals surface area contributed by atoms with Crippen LogP contribution in [0.25, 0.3) is 0 Å². The van der Waals surface area contributed by atoms with Gasteiger partial charge in [0.25, 0.3) is 0 Å². The lowest BCUT2D eigenvalue weighted by molar-refractivity contribution is -0.112. The van der Waals surface area contributed by atoms with Gasteiger partial charge < -0.3 is 4.79 Å². The fraction of sp³-hybridized carbons (Fsp3) is 0.235. The minimum atomic E-state index is -0.590. The first-order valence-corrected chi connectivity index (χ1v) is 6.70. The van der Waals surface area contributed by atoms with Gasteiger partial charge in [0, 0.05) is 5.02 Å². The van der Waals surface area contributed by atoms with Crippen LogP contribution in [0, 0.1) is 6.92 Å². The summed E-state index contributed by atoms with van der Waals surface area (Å²) in [6, 6.07) is 15.8. The van der Waals surface area contributed by atoms with Crippen molar-refractivity contribution in [3.63, 3.8) is 0 Å². The van der Waals surface area contributed by atoms with Crippen LogP contribution in [0.5, 0.6) is 0 Å². The predicted octanol–water partition coefficient (Wildman–Crippen LogP) is 4.35. The van der Waals surface area contributed by atoms with Crippen molar-refractivity contribution in [2.45, 2.75) is 25.7 Å². The highest BCUT2D eigenvalue weighted by molar-refractivity contribution is 6.31. The predicted molar refractivity (Wildman–Crippen MR) is 79.8 cm³/mol. The van der Waals surface area contributed by atoms with Crippen molar-refractivity contribution >= 4 is 17.9 Å². The molecule has 98 valence electrons. The van der Waals surface area contributed by atoms with E-state index in [-0.39, 0.29) is 0 Å². The third-order valence-corrected chi connectivity index (χ3v) is 3.77. The first-order chi connectivity index (χ1) is 9.05. The molecule has 0 aliphatic heterocycles. The molecule has 0 spiro atoms. The van der Waals surface area contributed by atoms with Gasteiger partial charge in [0.1, 0.15) is 6.29 Å². The number of halogens is 1. The van der Waals surface area contributed by atoms with Crippen LogP contribution in [0.15, 0.2) is 48.5 Å². The molecule has 2 rings (SSSR count). The Hall–Kier alpha value is -1.60. The molecule has 0 aliphatic carbocycles. The molecule has 0 aliphatic rings. The molecular weight excluding hydrogens is 256 g/mol. The standard InChI is InChI=1S/C17H17ClO/c1-13-7-9-14(10-8-13)11-17(2,12-19)15-5-3-4-6-16(15)18/h3-10,12H,11H2,1-2H3. The topological polar surface area (TPSA) is 17.1 Å². The maximum absolute atomic E-state index is 11.6. The largest absolute Gasteiger partial charge is 0.302 e. The summed E-state index contributed by atoms with van der Waals surface area (Å²) in [7, 11) is 0. The van der Waals surface area contributed by atoms with Gasteiger partial charge in [0.05, 0.1) is 5.41 Å². The summed E-state index contributed by atoms with van der Waals surface area (Å²) in [4.78, 5) is 11.6. The maximum Gasteiger partial charge on any atom is 0.130 e. The van der Waals surface area contributed by atoms with Gasteiger partial charge in [-0.15, -0.1) is 0 Å². The zero-order chi connectivity index (χ0) is 13.9. The second-order valence-electron chi connectivity index (χ2n) is 5.18. The van der Waals surface area contributed by atoms with Crippen LogP contribution < -0.4 is 0 Å². The van der Waals surface area contributed by atoms with Crippen molar-refractivity contribution < 1.29 is 4.79 Å². The Morgan fingerprint density at radius 3 is 2.32 bits per heavy atom. The molecule has 1 atom stereocenters. The molecule has 19 heavy (non-hydrogen) atoms. The number of aldehydes is 1. The van der Waals surface area contributed by atoms with E-state index in [1.807, 2.05) is 31.2 Å². The van der Waals surface area contributed by atoms with E-state index >= 15 is 0 Å². The molecule has 0 fully saturated rings. The first-order valence-electron chi connectivity index (χ1n) is 6.32. The minimum absolute atomic E-state index is 0.590. The van der Waals surface area contributed by atoms with E-state index in [2.05, 4.69) is 31.2 Å². The fourth-order valence-corrected chi connectivity index (χ4v) is 2.61. The second kappa shape index (κ2) is 5.58.